The first-order valence-electron chi connectivity index (χ1n) is 4.88. The summed E-state index contributed by atoms with van der Waals surface area (Å²) < 4.78 is 0. The van der Waals surface area contributed by atoms with Crippen LogP contribution >= 0.6 is 0 Å². The van der Waals surface area contributed by atoms with Crippen molar-refractivity contribution < 1.29 is 4.79 Å². The predicted molar refractivity (Wildman–Crippen MR) is 51.9 cm³/mol. The molecule has 0 aromatic carbocycles. The lowest BCUT2D eigenvalue weighted by atomic mass is 9.92. The van der Waals surface area contributed by atoms with Gasteiger partial charge in [0.1, 0.15) is 5.78 Å². The molecule has 2 heteroatoms. The van der Waals surface area contributed by atoms with Gasteiger partial charge in [0.2, 0.25) is 0 Å². The van der Waals surface area contributed by atoms with Crippen LogP contribution in [-0.2, 0) is 4.79 Å². The number of ketones is 1. The van der Waals surface area contributed by atoms with Crippen LogP contribution in [0.5, 0.6) is 0 Å². The Kier molecular flexibility index (Phi) is 5.99. The van der Waals surface area contributed by atoms with E-state index in [4.69, 9.17) is 5.73 Å². The van der Waals surface area contributed by atoms with Crippen molar-refractivity contribution in [3.05, 3.63) is 0 Å². The smallest absolute Gasteiger partial charge is 0.136 e. The number of hydrogen-bond donors (Lipinski definition) is 1. The molecule has 0 bridgehead atoms. The molecular formula is C10H21NO. The zero-order valence-corrected chi connectivity index (χ0v) is 8.47. The summed E-state index contributed by atoms with van der Waals surface area (Å²) in [4.78, 5) is 11.5. The van der Waals surface area contributed by atoms with Crippen LogP contribution in [0.4, 0.5) is 0 Å². The predicted octanol–water partition coefficient (Wildman–Crippen LogP) is 1.98. The number of carbonyl (C=O) groups excluding carboxylic acids is 1. The van der Waals surface area contributed by atoms with Gasteiger partial charge < -0.3 is 5.73 Å². The summed E-state index contributed by atoms with van der Waals surface area (Å²) in [6.07, 6.45) is 2.59. The van der Waals surface area contributed by atoms with Crippen LogP contribution in [0.15, 0.2) is 0 Å². The first kappa shape index (κ1) is 11.6. The lowest BCUT2D eigenvalue weighted by Crippen LogP contribution is -2.20. The van der Waals surface area contributed by atoms with E-state index in [1.807, 2.05) is 6.92 Å². The molecule has 2 N–H and O–H groups in total. The molecule has 0 aliphatic carbocycles. The van der Waals surface area contributed by atoms with Gasteiger partial charge in [-0.2, -0.15) is 0 Å². The molecule has 0 fully saturated rings. The maximum atomic E-state index is 11.5. The van der Waals surface area contributed by atoms with Crippen molar-refractivity contribution >= 4 is 5.78 Å². The van der Waals surface area contributed by atoms with Crippen molar-refractivity contribution in [1.29, 1.82) is 0 Å². The van der Waals surface area contributed by atoms with Crippen molar-refractivity contribution in [3.8, 4) is 0 Å². The minimum absolute atomic E-state index is 0.263. The molecule has 0 rings (SSSR count). The highest BCUT2D eigenvalue weighted by molar-refractivity contribution is 5.81. The summed E-state index contributed by atoms with van der Waals surface area (Å²) in [6, 6.07) is 0. The maximum absolute atomic E-state index is 11.5. The summed E-state index contributed by atoms with van der Waals surface area (Å²) in [5.41, 5.74) is 5.45. The Morgan fingerprint density at radius 1 is 1.33 bits per heavy atom. The number of rotatable bonds is 6. The first-order valence-corrected chi connectivity index (χ1v) is 4.88. The molecule has 0 aliphatic heterocycles. The topological polar surface area (TPSA) is 43.1 Å². The molecule has 12 heavy (non-hydrogen) atoms. The fourth-order valence-corrected chi connectivity index (χ4v) is 1.34. The summed E-state index contributed by atoms with van der Waals surface area (Å²) >= 11 is 0. The van der Waals surface area contributed by atoms with Crippen molar-refractivity contribution in [2.75, 3.05) is 6.54 Å². The van der Waals surface area contributed by atoms with Crippen LogP contribution in [0.3, 0.4) is 0 Å². The molecule has 0 aromatic heterocycles. The summed E-state index contributed by atoms with van der Waals surface area (Å²) in [5.74, 6) is 0.995. The Morgan fingerprint density at radius 2 is 1.83 bits per heavy atom. The van der Waals surface area contributed by atoms with Gasteiger partial charge in [0.15, 0.2) is 0 Å². The SMILES string of the molecule is CCC(CC)C(=O)CC(C)CN. The monoisotopic (exact) mass is 171 g/mol. The third-order valence-corrected chi connectivity index (χ3v) is 2.39. The van der Waals surface area contributed by atoms with Crippen molar-refractivity contribution in [2.45, 2.75) is 40.0 Å². The lowest BCUT2D eigenvalue weighted by Gasteiger charge is -2.13. The normalized spacial score (nSPS) is 13.4. The van der Waals surface area contributed by atoms with E-state index in [2.05, 4.69) is 13.8 Å². The van der Waals surface area contributed by atoms with Crippen LogP contribution in [0.1, 0.15) is 40.0 Å². The number of hydrogen-bond acceptors (Lipinski definition) is 2. The van der Waals surface area contributed by atoms with Crippen LogP contribution in [0, 0.1) is 11.8 Å². The second-order valence-electron chi connectivity index (χ2n) is 3.52. The molecule has 1 atom stereocenters. The second-order valence-corrected chi connectivity index (χ2v) is 3.52. The Balaban J connectivity index is 3.84. The van der Waals surface area contributed by atoms with Gasteiger partial charge in [0, 0.05) is 12.3 Å². The highest BCUT2D eigenvalue weighted by Crippen LogP contribution is 2.14. The average molecular weight is 171 g/mol. The van der Waals surface area contributed by atoms with Gasteiger partial charge in [-0.25, -0.2) is 0 Å². The van der Waals surface area contributed by atoms with E-state index in [-0.39, 0.29) is 5.92 Å². The minimum atomic E-state index is 0.263. The third-order valence-electron chi connectivity index (χ3n) is 2.39. The van der Waals surface area contributed by atoms with Gasteiger partial charge >= 0.3 is 0 Å². The van der Waals surface area contributed by atoms with E-state index < -0.39 is 0 Å². The first-order chi connectivity index (χ1) is 5.65. The minimum Gasteiger partial charge on any atom is -0.330 e. The fraction of sp³-hybridized carbons (Fsp3) is 0.900. The number of Topliss-reactive ketones (excluding diaryl/α,β-unsaturated/α-hetero) is 1. The molecule has 2 nitrogen and oxygen atoms in total. The Morgan fingerprint density at radius 3 is 2.17 bits per heavy atom. The van der Waals surface area contributed by atoms with Crippen LogP contribution in [0.2, 0.25) is 0 Å². The standard InChI is InChI=1S/C10H21NO/c1-4-9(5-2)10(12)6-8(3)7-11/h8-9H,4-7,11H2,1-3H3. The van der Waals surface area contributed by atoms with E-state index in [1.165, 1.54) is 0 Å². The molecule has 0 radical (unpaired) electrons. The molecular weight excluding hydrogens is 150 g/mol. The zero-order valence-electron chi connectivity index (χ0n) is 8.47. The van der Waals surface area contributed by atoms with Crippen molar-refractivity contribution in [1.82, 2.24) is 0 Å². The Labute approximate surface area is 75.5 Å². The van der Waals surface area contributed by atoms with Gasteiger partial charge in [-0.15, -0.1) is 0 Å². The van der Waals surface area contributed by atoms with E-state index in [0.717, 1.165) is 12.8 Å². The molecule has 0 saturated heterocycles. The molecule has 0 aromatic rings. The van der Waals surface area contributed by atoms with E-state index in [9.17, 15) is 4.79 Å². The van der Waals surface area contributed by atoms with Gasteiger partial charge in [0.25, 0.3) is 0 Å². The molecule has 0 saturated carbocycles. The molecule has 1 unspecified atom stereocenters. The van der Waals surface area contributed by atoms with Crippen LogP contribution in [0.25, 0.3) is 0 Å². The molecule has 0 spiro atoms. The average Bonchev–Trinajstić information content (AvgIpc) is 2.06. The van der Waals surface area contributed by atoms with E-state index >= 15 is 0 Å². The number of carbonyl (C=O) groups is 1. The fourth-order valence-electron chi connectivity index (χ4n) is 1.34. The van der Waals surface area contributed by atoms with Gasteiger partial charge in [-0.3, -0.25) is 4.79 Å². The summed E-state index contributed by atoms with van der Waals surface area (Å²) in [7, 11) is 0. The Bertz CT molecular complexity index is 130. The summed E-state index contributed by atoms with van der Waals surface area (Å²) in [5, 5.41) is 0. The highest BCUT2D eigenvalue weighted by Gasteiger charge is 2.15. The largest absolute Gasteiger partial charge is 0.330 e. The highest BCUT2D eigenvalue weighted by atomic mass is 16.1. The van der Waals surface area contributed by atoms with Crippen LogP contribution < -0.4 is 5.73 Å². The van der Waals surface area contributed by atoms with Gasteiger partial charge in [-0.1, -0.05) is 20.8 Å². The van der Waals surface area contributed by atoms with Crippen molar-refractivity contribution in [3.63, 3.8) is 0 Å². The molecule has 0 amide bonds. The van der Waals surface area contributed by atoms with Crippen molar-refractivity contribution in [2.24, 2.45) is 17.6 Å². The van der Waals surface area contributed by atoms with E-state index in [1.54, 1.807) is 0 Å². The molecule has 0 heterocycles. The number of nitrogens with two attached hydrogens (primary N) is 1. The molecule has 0 aliphatic rings. The van der Waals surface area contributed by atoms with Gasteiger partial charge in [-0.05, 0) is 25.3 Å². The van der Waals surface area contributed by atoms with E-state index in [0.29, 0.717) is 24.7 Å². The maximum Gasteiger partial charge on any atom is 0.136 e. The quantitative estimate of drug-likeness (QED) is 0.664. The Hall–Kier alpha value is -0.370. The third kappa shape index (κ3) is 3.86. The molecule has 72 valence electrons. The van der Waals surface area contributed by atoms with Gasteiger partial charge in [0.05, 0.1) is 0 Å². The zero-order chi connectivity index (χ0) is 9.56. The lowest BCUT2D eigenvalue weighted by molar-refractivity contribution is -0.123. The summed E-state index contributed by atoms with van der Waals surface area (Å²) in [6.45, 7) is 6.78. The van der Waals surface area contributed by atoms with Crippen LogP contribution in [-0.4, -0.2) is 12.3 Å². The second kappa shape index (κ2) is 6.18.